The van der Waals surface area contributed by atoms with E-state index in [2.05, 4.69) is 26.1 Å². The monoisotopic (exact) mass is 701 g/mol. The number of rotatable bonds is 5. The van der Waals surface area contributed by atoms with Crippen molar-refractivity contribution in [2.45, 2.75) is 38.5 Å². The molecule has 7 rings (SSSR count). The molecule has 0 spiro atoms. The Bertz CT molecular complexity index is 2210. The van der Waals surface area contributed by atoms with Crippen LogP contribution in [0.15, 0.2) is 94.6 Å². The van der Waals surface area contributed by atoms with E-state index in [-0.39, 0.29) is 28.6 Å². The highest BCUT2D eigenvalue weighted by Gasteiger charge is 2.36. The number of aryl methyl sites for hydroxylation is 1. The number of halogens is 4. The molecule has 4 heterocycles. The average Bonchev–Trinajstić information content (AvgIpc) is 3.67. The number of carbonyl (C=O) groups excluding carboxylic acids is 1. The van der Waals surface area contributed by atoms with Crippen molar-refractivity contribution in [3.05, 3.63) is 134 Å². The molecule has 1 aliphatic rings. The van der Waals surface area contributed by atoms with Gasteiger partial charge in [-0.05, 0) is 61.4 Å². The molecule has 0 unspecified atom stereocenters. The number of hydrogen-bond acceptors (Lipinski definition) is 5. The fourth-order valence-electron chi connectivity index (χ4n) is 6.18. The quantitative estimate of drug-likeness (QED) is 0.212. The van der Waals surface area contributed by atoms with E-state index in [1.807, 2.05) is 61.6 Å². The standard InChI is InChI=1S/C34H27BrF3N7O2/c1-20-14-26-29(18-43(20)32(46)23-10-13-28(35)27(16-23)34(36,37)38)45-31(24(17-40-45)15-21-6-4-3-5-7-21)44(33(26)47)25-11-8-22(9-12-25)30-41-39-19-42(30)2/h3-13,16-17,19-20H,14-15,18H2,1-2H3/t20-/m1/s1. The summed E-state index contributed by atoms with van der Waals surface area (Å²) in [5.74, 6) is 0.120. The molecule has 0 saturated carbocycles. The number of benzene rings is 3. The lowest BCUT2D eigenvalue weighted by Gasteiger charge is -2.35. The molecule has 1 aliphatic heterocycles. The van der Waals surface area contributed by atoms with E-state index in [9.17, 15) is 22.8 Å². The van der Waals surface area contributed by atoms with Crippen LogP contribution in [0.1, 0.15) is 45.2 Å². The van der Waals surface area contributed by atoms with Gasteiger partial charge in [0.15, 0.2) is 5.82 Å². The minimum Gasteiger partial charge on any atom is -0.330 e. The Kier molecular flexibility index (Phi) is 7.58. The second-order valence-corrected chi connectivity index (χ2v) is 12.5. The lowest BCUT2D eigenvalue weighted by atomic mass is 9.97. The van der Waals surface area contributed by atoms with Crippen LogP contribution in [0.2, 0.25) is 0 Å². The first-order valence-electron chi connectivity index (χ1n) is 14.8. The maximum Gasteiger partial charge on any atom is 0.417 e. The van der Waals surface area contributed by atoms with Crippen LogP contribution in [0, 0.1) is 0 Å². The van der Waals surface area contributed by atoms with E-state index in [1.165, 1.54) is 17.0 Å². The summed E-state index contributed by atoms with van der Waals surface area (Å²) < 4.78 is 46.0. The lowest BCUT2D eigenvalue weighted by Crippen LogP contribution is -2.46. The zero-order chi connectivity index (χ0) is 33.0. The number of alkyl halides is 3. The number of amides is 1. The van der Waals surface area contributed by atoms with E-state index in [1.54, 1.807) is 33.1 Å². The van der Waals surface area contributed by atoms with Crippen molar-refractivity contribution < 1.29 is 18.0 Å². The van der Waals surface area contributed by atoms with Gasteiger partial charge in [0.25, 0.3) is 11.5 Å². The van der Waals surface area contributed by atoms with E-state index in [0.29, 0.717) is 34.8 Å². The molecule has 0 aliphatic carbocycles. The number of aromatic nitrogens is 6. The Labute approximate surface area is 275 Å². The summed E-state index contributed by atoms with van der Waals surface area (Å²) in [6, 6.07) is 20.3. The smallest absolute Gasteiger partial charge is 0.330 e. The van der Waals surface area contributed by atoms with Crippen LogP contribution in [-0.4, -0.2) is 45.8 Å². The zero-order valence-electron chi connectivity index (χ0n) is 25.2. The van der Waals surface area contributed by atoms with Gasteiger partial charge in [-0.1, -0.05) is 46.3 Å². The Morgan fingerprint density at radius 1 is 1.04 bits per heavy atom. The highest BCUT2D eigenvalue weighted by molar-refractivity contribution is 9.10. The van der Waals surface area contributed by atoms with Crippen molar-refractivity contribution in [2.75, 3.05) is 0 Å². The molecule has 3 aromatic carbocycles. The number of nitrogens with zero attached hydrogens (tertiary/aromatic N) is 7. The Hall–Kier alpha value is -5.04. The molecule has 0 N–H and O–H groups in total. The maximum atomic E-state index is 14.4. The Morgan fingerprint density at radius 2 is 1.79 bits per heavy atom. The SMILES string of the molecule is C[C@@H]1Cc2c(n3ncc(Cc4ccccc4)c3n(-c3ccc(-c4nncn4C)cc3)c2=O)CN1C(=O)c1ccc(Br)c(C(F)(F)F)c1. The normalized spacial score (nSPS) is 14.9. The second-order valence-electron chi connectivity index (χ2n) is 11.6. The topological polar surface area (TPSA) is 90.3 Å². The van der Waals surface area contributed by atoms with Crippen molar-refractivity contribution in [3.8, 4) is 17.1 Å². The molecule has 1 amide bonds. The fourth-order valence-corrected chi connectivity index (χ4v) is 6.65. The molecule has 13 heteroatoms. The maximum absolute atomic E-state index is 14.4. The molecule has 0 radical (unpaired) electrons. The summed E-state index contributed by atoms with van der Waals surface area (Å²) >= 11 is 2.95. The molecule has 47 heavy (non-hydrogen) atoms. The summed E-state index contributed by atoms with van der Waals surface area (Å²) in [6.07, 6.45) is -0.602. The Morgan fingerprint density at radius 3 is 2.47 bits per heavy atom. The van der Waals surface area contributed by atoms with Crippen LogP contribution in [0.4, 0.5) is 13.2 Å². The highest BCUT2D eigenvalue weighted by Crippen LogP contribution is 2.36. The molecule has 9 nitrogen and oxygen atoms in total. The molecule has 0 fully saturated rings. The number of carbonyl (C=O) groups is 1. The molecule has 6 aromatic rings. The van der Waals surface area contributed by atoms with Gasteiger partial charge < -0.3 is 9.47 Å². The van der Waals surface area contributed by atoms with Gasteiger partial charge in [0.1, 0.15) is 12.0 Å². The third-order valence-electron chi connectivity index (χ3n) is 8.56. The number of hydrogen-bond donors (Lipinski definition) is 0. The van der Waals surface area contributed by atoms with Gasteiger partial charge in [0.2, 0.25) is 0 Å². The first-order valence-corrected chi connectivity index (χ1v) is 15.6. The van der Waals surface area contributed by atoms with Crippen LogP contribution in [0.3, 0.4) is 0 Å². The summed E-state index contributed by atoms with van der Waals surface area (Å²) in [5.41, 5.74) is 3.59. The third-order valence-corrected chi connectivity index (χ3v) is 9.25. The average molecular weight is 703 g/mol. The van der Waals surface area contributed by atoms with Crippen LogP contribution in [-0.2, 0) is 32.6 Å². The number of fused-ring (bicyclic) bond motifs is 3. The summed E-state index contributed by atoms with van der Waals surface area (Å²) in [5, 5.41) is 12.9. The van der Waals surface area contributed by atoms with Gasteiger partial charge in [-0.2, -0.15) is 18.3 Å². The summed E-state index contributed by atoms with van der Waals surface area (Å²) in [4.78, 5) is 29.7. The zero-order valence-corrected chi connectivity index (χ0v) is 26.8. The van der Waals surface area contributed by atoms with Gasteiger partial charge >= 0.3 is 6.18 Å². The lowest BCUT2D eigenvalue weighted by molar-refractivity contribution is -0.138. The van der Waals surface area contributed by atoms with Crippen LogP contribution in [0.5, 0.6) is 0 Å². The van der Waals surface area contributed by atoms with Crippen molar-refractivity contribution in [3.63, 3.8) is 0 Å². The van der Waals surface area contributed by atoms with Gasteiger partial charge in [-0.15, -0.1) is 10.2 Å². The van der Waals surface area contributed by atoms with Gasteiger partial charge in [0.05, 0.1) is 29.7 Å². The Balaban J connectivity index is 1.36. The first-order chi connectivity index (χ1) is 22.5. The molecular weight excluding hydrogens is 675 g/mol. The summed E-state index contributed by atoms with van der Waals surface area (Å²) in [6.45, 7) is 1.79. The molecule has 1 atom stereocenters. The van der Waals surface area contributed by atoms with Crippen LogP contribution in [0.25, 0.3) is 22.7 Å². The van der Waals surface area contributed by atoms with E-state index >= 15 is 0 Å². The largest absolute Gasteiger partial charge is 0.417 e. The molecule has 3 aromatic heterocycles. The predicted octanol–water partition coefficient (Wildman–Crippen LogP) is 6.24. The third kappa shape index (κ3) is 5.43. The van der Waals surface area contributed by atoms with Crippen molar-refractivity contribution in [1.29, 1.82) is 0 Å². The molecule has 0 bridgehead atoms. The van der Waals surface area contributed by atoms with Crippen molar-refractivity contribution in [2.24, 2.45) is 7.05 Å². The minimum atomic E-state index is -4.64. The second kappa shape index (κ2) is 11.6. The minimum absolute atomic E-state index is 0.00309. The van der Waals surface area contributed by atoms with Gasteiger partial charge in [-0.3, -0.25) is 14.2 Å². The summed E-state index contributed by atoms with van der Waals surface area (Å²) in [7, 11) is 1.85. The predicted molar refractivity (Wildman–Crippen MR) is 172 cm³/mol. The van der Waals surface area contributed by atoms with E-state index in [4.69, 9.17) is 5.10 Å². The molecule has 238 valence electrons. The van der Waals surface area contributed by atoms with Crippen molar-refractivity contribution >= 4 is 27.5 Å². The van der Waals surface area contributed by atoms with Gasteiger partial charge in [0, 0.05) is 46.2 Å². The fraction of sp³-hybridized carbons (Fsp3) is 0.206. The van der Waals surface area contributed by atoms with Crippen LogP contribution >= 0.6 is 15.9 Å². The van der Waals surface area contributed by atoms with E-state index in [0.717, 1.165) is 22.8 Å². The first kappa shape index (κ1) is 30.6. The molecule has 0 saturated heterocycles. The highest BCUT2D eigenvalue weighted by atomic mass is 79.9. The molecular formula is C34H27BrF3N7O2. The van der Waals surface area contributed by atoms with Crippen molar-refractivity contribution in [1.82, 2.24) is 33.8 Å². The van der Waals surface area contributed by atoms with Crippen LogP contribution < -0.4 is 5.56 Å². The van der Waals surface area contributed by atoms with E-state index < -0.39 is 23.7 Å². The van der Waals surface area contributed by atoms with Gasteiger partial charge in [-0.25, -0.2) is 4.52 Å².